The van der Waals surface area contributed by atoms with Crippen LogP contribution < -0.4 is 10.6 Å². The number of amides is 1. The van der Waals surface area contributed by atoms with E-state index in [1.54, 1.807) is 0 Å². The summed E-state index contributed by atoms with van der Waals surface area (Å²) < 4.78 is 5.84. The summed E-state index contributed by atoms with van der Waals surface area (Å²) in [7, 11) is 0. The second-order valence-electron chi connectivity index (χ2n) is 6.79. The van der Waals surface area contributed by atoms with Gasteiger partial charge in [0, 0.05) is 11.3 Å². The highest BCUT2D eigenvalue weighted by Crippen LogP contribution is 2.58. The maximum atomic E-state index is 12.5. The van der Waals surface area contributed by atoms with Gasteiger partial charge >= 0.3 is 0 Å². The quantitative estimate of drug-likeness (QED) is 0.916. The minimum Gasteiger partial charge on any atom is -0.459 e. The van der Waals surface area contributed by atoms with Crippen LogP contribution in [-0.2, 0) is 4.79 Å². The summed E-state index contributed by atoms with van der Waals surface area (Å²) in [5.41, 5.74) is 1.16. The van der Waals surface area contributed by atoms with Gasteiger partial charge in [-0.05, 0) is 56.8 Å². The molecule has 1 aliphatic carbocycles. The molecule has 22 heavy (non-hydrogen) atoms. The molecule has 1 aliphatic heterocycles. The van der Waals surface area contributed by atoms with Gasteiger partial charge in [-0.25, -0.2) is 0 Å². The molecule has 0 radical (unpaired) electrons. The number of nitrogens with one attached hydrogen (secondary N) is 2. The number of hydrogen-bond acceptors (Lipinski definition) is 3. The van der Waals surface area contributed by atoms with Crippen LogP contribution in [0, 0.1) is 11.3 Å². The third-order valence-corrected chi connectivity index (χ3v) is 5.34. The molecule has 2 atom stereocenters. The van der Waals surface area contributed by atoms with Crippen LogP contribution in [0.15, 0.2) is 34.7 Å². The lowest BCUT2D eigenvalue weighted by atomic mass is 9.91. The molecule has 1 saturated heterocycles. The molecule has 1 saturated carbocycles. The van der Waals surface area contributed by atoms with Gasteiger partial charge in [-0.2, -0.15) is 0 Å². The Morgan fingerprint density at radius 1 is 1.36 bits per heavy atom. The molecule has 4 rings (SSSR count). The second-order valence-corrected chi connectivity index (χ2v) is 6.79. The minimum absolute atomic E-state index is 0.0840. The molecule has 1 aromatic heterocycles. The van der Waals surface area contributed by atoms with Crippen molar-refractivity contribution in [2.75, 3.05) is 13.1 Å². The van der Waals surface area contributed by atoms with Crippen LogP contribution in [0.4, 0.5) is 0 Å². The second kappa shape index (κ2) is 5.13. The number of carbonyl (C=O) groups is 1. The lowest BCUT2D eigenvalue weighted by Gasteiger charge is -2.23. The van der Waals surface area contributed by atoms with E-state index in [1.165, 1.54) is 0 Å². The van der Waals surface area contributed by atoms with Crippen molar-refractivity contribution >= 4 is 16.9 Å². The Morgan fingerprint density at radius 3 is 2.91 bits per heavy atom. The predicted octanol–water partition coefficient (Wildman–Crippen LogP) is 3.00. The average molecular weight is 298 g/mol. The summed E-state index contributed by atoms with van der Waals surface area (Å²) in [4.78, 5) is 12.5. The molecule has 1 amide bonds. The number of carbonyl (C=O) groups excluding carboxylic acids is 1. The number of furan rings is 1. The SMILES string of the molecule is CC(NC(=O)C1CC12CCNCC2)c1cc2ccccc2o1. The third-order valence-electron chi connectivity index (χ3n) is 5.34. The van der Waals surface area contributed by atoms with E-state index in [0.29, 0.717) is 0 Å². The zero-order valence-corrected chi connectivity index (χ0v) is 12.9. The van der Waals surface area contributed by atoms with E-state index in [4.69, 9.17) is 4.42 Å². The summed E-state index contributed by atoms with van der Waals surface area (Å²) >= 11 is 0. The van der Waals surface area contributed by atoms with E-state index >= 15 is 0 Å². The first-order chi connectivity index (χ1) is 10.7. The van der Waals surface area contributed by atoms with Crippen LogP contribution in [0.2, 0.25) is 0 Å². The van der Waals surface area contributed by atoms with Crippen molar-refractivity contribution in [1.29, 1.82) is 0 Å². The van der Waals surface area contributed by atoms with Crippen molar-refractivity contribution < 1.29 is 9.21 Å². The van der Waals surface area contributed by atoms with Crippen molar-refractivity contribution in [3.63, 3.8) is 0 Å². The Balaban J connectivity index is 1.43. The summed E-state index contributed by atoms with van der Waals surface area (Å²) in [5.74, 6) is 1.21. The Morgan fingerprint density at radius 2 is 2.14 bits per heavy atom. The minimum atomic E-state index is -0.0840. The summed E-state index contributed by atoms with van der Waals surface area (Å²) in [6.07, 6.45) is 3.31. The molecule has 2 fully saturated rings. The Bertz CT molecular complexity index is 667. The first-order valence-electron chi connectivity index (χ1n) is 8.18. The molecular weight excluding hydrogens is 276 g/mol. The summed E-state index contributed by atoms with van der Waals surface area (Å²) in [6.45, 7) is 4.08. The van der Waals surface area contributed by atoms with Gasteiger partial charge < -0.3 is 15.1 Å². The lowest BCUT2D eigenvalue weighted by molar-refractivity contribution is -0.124. The average Bonchev–Trinajstić information content (AvgIpc) is 3.05. The fourth-order valence-electron chi connectivity index (χ4n) is 3.80. The molecule has 2 unspecified atom stereocenters. The molecule has 1 aromatic carbocycles. The number of para-hydroxylation sites is 1. The predicted molar refractivity (Wildman–Crippen MR) is 85.4 cm³/mol. The first-order valence-corrected chi connectivity index (χ1v) is 8.18. The smallest absolute Gasteiger partial charge is 0.224 e. The number of benzene rings is 1. The molecule has 2 aromatic rings. The lowest BCUT2D eigenvalue weighted by Crippen LogP contribution is -2.34. The highest BCUT2D eigenvalue weighted by molar-refractivity contribution is 5.83. The van der Waals surface area contributed by atoms with Gasteiger partial charge in [0.1, 0.15) is 11.3 Å². The Hall–Kier alpha value is -1.81. The van der Waals surface area contributed by atoms with E-state index in [0.717, 1.165) is 49.1 Å². The van der Waals surface area contributed by atoms with Crippen LogP contribution in [0.1, 0.15) is 38.0 Å². The van der Waals surface area contributed by atoms with Gasteiger partial charge in [-0.1, -0.05) is 18.2 Å². The maximum Gasteiger partial charge on any atom is 0.224 e. The van der Waals surface area contributed by atoms with Gasteiger partial charge in [0.2, 0.25) is 5.91 Å². The van der Waals surface area contributed by atoms with E-state index in [1.807, 2.05) is 37.3 Å². The summed E-state index contributed by atoms with van der Waals surface area (Å²) in [5, 5.41) is 7.60. The Kier molecular flexibility index (Phi) is 3.22. The number of fused-ring (bicyclic) bond motifs is 1. The van der Waals surface area contributed by atoms with E-state index in [-0.39, 0.29) is 23.3 Å². The van der Waals surface area contributed by atoms with Crippen LogP contribution in [0.3, 0.4) is 0 Å². The molecule has 0 bridgehead atoms. The highest BCUT2D eigenvalue weighted by Gasteiger charge is 2.57. The van der Waals surface area contributed by atoms with Crippen LogP contribution in [0.25, 0.3) is 11.0 Å². The van der Waals surface area contributed by atoms with Crippen molar-refractivity contribution in [3.05, 3.63) is 36.1 Å². The summed E-state index contributed by atoms with van der Waals surface area (Å²) in [6, 6.07) is 9.88. The van der Waals surface area contributed by atoms with Gasteiger partial charge in [0.15, 0.2) is 0 Å². The molecule has 2 heterocycles. The van der Waals surface area contributed by atoms with Crippen molar-refractivity contribution in [2.24, 2.45) is 11.3 Å². The largest absolute Gasteiger partial charge is 0.459 e. The first kappa shape index (κ1) is 13.8. The molecule has 2 aliphatic rings. The topological polar surface area (TPSA) is 54.3 Å². The van der Waals surface area contributed by atoms with Crippen molar-refractivity contribution in [2.45, 2.75) is 32.2 Å². The monoisotopic (exact) mass is 298 g/mol. The number of rotatable bonds is 3. The van der Waals surface area contributed by atoms with Crippen molar-refractivity contribution in [3.8, 4) is 0 Å². The molecule has 116 valence electrons. The zero-order chi connectivity index (χ0) is 15.2. The molecule has 4 nitrogen and oxygen atoms in total. The maximum absolute atomic E-state index is 12.5. The van der Waals surface area contributed by atoms with Crippen LogP contribution in [-0.4, -0.2) is 19.0 Å². The number of piperidine rings is 1. The van der Waals surface area contributed by atoms with Crippen LogP contribution >= 0.6 is 0 Å². The van der Waals surface area contributed by atoms with E-state index in [9.17, 15) is 4.79 Å². The molecule has 2 N–H and O–H groups in total. The van der Waals surface area contributed by atoms with Crippen LogP contribution in [0.5, 0.6) is 0 Å². The van der Waals surface area contributed by atoms with Gasteiger partial charge in [-0.15, -0.1) is 0 Å². The highest BCUT2D eigenvalue weighted by atomic mass is 16.3. The normalized spacial score (nSPS) is 24.3. The van der Waals surface area contributed by atoms with Gasteiger partial charge in [0.05, 0.1) is 6.04 Å². The van der Waals surface area contributed by atoms with Gasteiger partial charge in [0.25, 0.3) is 0 Å². The van der Waals surface area contributed by atoms with Crippen molar-refractivity contribution in [1.82, 2.24) is 10.6 Å². The fourth-order valence-corrected chi connectivity index (χ4v) is 3.80. The van der Waals surface area contributed by atoms with E-state index in [2.05, 4.69) is 10.6 Å². The number of hydrogen-bond donors (Lipinski definition) is 2. The zero-order valence-electron chi connectivity index (χ0n) is 12.9. The molecule has 1 spiro atoms. The van der Waals surface area contributed by atoms with E-state index < -0.39 is 0 Å². The van der Waals surface area contributed by atoms with Gasteiger partial charge in [-0.3, -0.25) is 4.79 Å². The Labute approximate surface area is 130 Å². The standard InChI is InChI=1S/C18H22N2O2/c1-12(16-10-13-4-2-3-5-15(13)22-16)20-17(21)14-11-18(14)6-8-19-9-7-18/h2-5,10,12,14,19H,6-9,11H2,1H3,(H,20,21). The molecular formula is C18H22N2O2. The fraction of sp³-hybridized carbons (Fsp3) is 0.500. The third kappa shape index (κ3) is 2.31. The molecule has 4 heteroatoms.